The first-order chi connectivity index (χ1) is 19.5. The molecule has 12 nitrogen and oxygen atoms in total. The summed E-state index contributed by atoms with van der Waals surface area (Å²) in [5, 5.41) is 10.3. The Morgan fingerprint density at radius 3 is 2.74 bits per heavy atom. The van der Waals surface area contributed by atoms with E-state index < -0.39 is 6.09 Å². The molecule has 3 aromatic rings. The minimum Gasteiger partial charge on any atom is -0.492 e. The van der Waals surface area contributed by atoms with E-state index in [1.54, 1.807) is 27.7 Å². The van der Waals surface area contributed by atoms with Gasteiger partial charge in [0.25, 0.3) is 11.5 Å². The second-order valence-electron chi connectivity index (χ2n) is 10.2. The van der Waals surface area contributed by atoms with Crippen LogP contribution in [-0.2, 0) is 16.1 Å². The van der Waals surface area contributed by atoms with Gasteiger partial charge in [0.1, 0.15) is 24.3 Å². The fraction of sp³-hybridized carbons (Fsp3) is 0.429. The van der Waals surface area contributed by atoms with E-state index in [4.69, 9.17) is 14.2 Å². The number of aromatic nitrogens is 2. The molecule has 0 bridgehead atoms. The first-order valence-electron chi connectivity index (χ1n) is 13.6. The number of amides is 2. The molecule has 42 heavy (non-hydrogen) atoms. The number of fused-ring (bicyclic) bond motifs is 3. The molecule has 3 N–H and O–H groups in total. The summed E-state index contributed by atoms with van der Waals surface area (Å²) in [4.78, 5) is 43.3. The standard InChI is InChI=1S/C28H32N6O6.2ClH/c1-29-11-13-38-19-5-2-17-3-9-26(36)33(21(17)15-19)12-10-30-18-4-6-20-23(14-18)40-28(37)34(20)24-8-7-22-27(31-24)32-25(35)16-39-22;;/h2-3,5,7-9,15,18,20,23,29-30H,4,6,10-14,16H2,1H3,(H,31,32,35);2*1H/t18-,20-,23-;;/m1../s1. The number of halogens is 2. The fourth-order valence-corrected chi connectivity index (χ4v) is 5.63. The molecule has 14 heteroatoms. The summed E-state index contributed by atoms with van der Waals surface area (Å²) in [5.41, 5.74) is 0.768. The molecule has 2 amide bonds. The number of ether oxygens (including phenoxy) is 3. The van der Waals surface area contributed by atoms with E-state index in [2.05, 4.69) is 20.9 Å². The van der Waals surface area contributed by atoms with Crippen molar-refractivity contribution in [1.29, 1.82) is 0 Å². The van der Waals surface area contributed by atoms with E-state index >= 15 is 0 Å². The van der Waals surface area contributed by atoms with Crippen LogP contribution in [0, 0.1) is 0 Å². The Kier molecular flexibility index (Phi) is 10.2. The molecule has 6 rings (SSSR count). The summed E-state index contributed by atoms with van der Waals surface area (Å²) in [6.45, 7) is 2.31. The van der Waals surface area contributed by atoms with Crippen molar-refractivity contribution in [2.75, 3.05) is 43.6 Å². The Morgan fingerprint density at radius 1 is 1.07 bits per heavy atom. The van der Waals surface area contributed by atoms with Gasteiger partial charge in [0.05, 0.1) is 11.6 Å². The van der Waals surface area contributed by atoms with Gasteiger partial charge in [-0.25, -0.2) is 9.78 Å². The fourth-order valence-electron chi connectivity index (χ4n) is 5.63. The zero-order valence-electron chi connectivity index (χ0n) is 23.0. The molecule has 2 fully saturated rings. The number of carbonyl (C=O) groups is 2. The van der Waals surface area contributed by atoms with Crippen LogP contribution in [0.2, 0.25) is 0 Å². The Hall–Kier alpha value is -3.58. The normalized spacial score (nSPS) is 20.8. The number of rotatable bonds is 9. The Bertz CT molecular complexity index is 1500. The van der Waals surface area contributed by atoms with Crippen LogP contribution in [0.4, 0.5) is 16.4 Å². The van der Waals surface area contributed by atoms with Crippen LogP contribution in [0.3, 0.4) is 0 Å². The lowest BCUT2D eigenvalue weighted by molar-refractivity contribution is -0.118. The first kappa shape index (κ1) is 31.4. The minimum absolute atomic E-state index is 0. The van der Waals surface area contributed by atoms with Crippen LogP contribution >= 0.6 is 24.8 Å². The van der Waals surface area contributed by atoms with E-state index in [0.717, 1.165) is 36.0 Å². The molecule has 0 radical (unpaired) electrons. The third-order valence-corrected chi connectivity index (χ3v) is 7.60. The van der Waals surface area contributed by atoms with Crippen molar-refractivity contribution in [3.63, 3.8) is 0 Å². The van der Waals surface area contributed by atoms with Crippen LogP contribution in [0.5, 0.6) is 11.5 Å². The number of benzene rings is 1. The zero-order valence-corrected chi connectivity index (χ0v) is 24.7. The second kappa shape index (κ2) is 13.6. The minimum atomic E-state index is -0.443. The largest absolute Gasteiger partial charge is 0.492 e. The lowest BCUT2D eigenvalue weighted by Gasteiger charge is -2.33. The molecule has 0 unspecified atom stereocenters. The highest BCUT2D eigenvalue weighted by Crippen LogP contribution is 2.37. The molecule has 226 valence electrons. The van der Waals surface area contributed by atoms with Crippen molar-refractivity contribution in [3.8, 4) is 11.5 Å². The number of hydrogen-bond donors (Lipinski definition) is 3. The molecule has 3 atom stereocenters. The average molecular weight is 622 g/mol. The Morgan fingerprint density at radius 2 is 1.90 bits per heavy atom. The van der Waals surface area contributed by atoms with Gasteiger partial charge in [0.2, 0.25) is 0 Å². The molecule has 1 aliphatic carbocycles. The van der Waals surface area contributed by atoms with Crippen molar-refractivity contribution >= 4 is 59.4 Å². The topological polar surface area (TPSA) is 136 Å². The van der Waals surface area contributed by atoms with Gasteiger partial charge in [-0.3, -0.25) is 14.5 Å². The highest BCUT2D eigenvalue weighted by molar-refractivity contribution is 5.95. The lowest BCUT2D eigenvalue weighted by Crippen LogP contribution is -2.46. The van der Waals surface area contributed by atoms with Gasteiger partial charge in [0, 0.05) is 44.2 Å². The summed E-state index contributed by atoms with van der Waals surface area (Å²) < 4.78 is 18.7. The van der Waals surface area contributed by atoms with Crippen molar-refractivity contribution in [2.45, 2.75) is 44.0 Å². The maximum Gasteiger partial charge on any atom is 0.416 e. The maximum absolute atomic E-state index is 12.8. The van der Waals surface area contributed by atoms with E-state index in [9.17, 15) is 14.4 Å². The zero-order chi connectivity index (χ0) is 27.6. The third-order valence-electron chi connectivity index (χ3n) is 7.60. The van der Waals surface area contributed by atoms with Gasteiger partial charge in [-0.2, -0.15) is 0 Å². The van der Waals surface area contributed by atoms with Crippen LogP contribution < -0.4 is 35.9 Å². The van der Waals surface area contributed by atoms with Gasteiger partial charge in [-0.1, -0.05) is 0 Å². The van der Waals surface area contributed by atoms with Gasteiger partial charge in [-0.05, 0) is 55.6 Å². The van der Waals surface area contributed by atoms with Crippen molar-refractivity contribution in [2.24, 2.45) is 0 Å². The van der Waals surface area contributed by atoms with Crippen molar-refractivity contribution < 1.29 is 23.8 Å². The van der Waals surface area contributed by atoms with E-state index in [0.29, 0.717) is 43.5 Å². The van der Waals surface area contributed by atoms with Gasteiger partial charge in [0.15, 0.2) is 18.2 Å². The van der Waals surface area contributed by atoms with E-state index in [1.807, 2.05) is 31.3 Å². The third kappa shape index (κ3) is 6.41. The highest BCUT2D eigenvalue weighted by Gasteiger charge is 2.46. The van der Waals surface area contributed by atoms with Crippen molar-refractivity contribution in [3.05, 3.63) is 52.8 Å². The Labute approximate surface area is 254 Å². The monoisotopic (exact) mass is 620 g/mol. The first-order valence-corrected chi connectivity index (χ1v) is 13.6. The predicted molar refractivity (Wildman–Crippen MR) is 163 cm³/mol. The molecule has 2 aliphatic heterocycles. The second-order valence-corrected chi connectivity index (χ2v) is 10.2. The number of pyridine rings is 2. The Balaban J connectivity index is 0.00000202. The van der Waals surface area contributed by atoms with E-state index in [-0.39, 0.29) is 61.1 Å². The quantitative estimate of drug-likeness (QED) is 0.308. The highest BCUT2D eigenvalue weighted by atomic mass is 35.5. The number of anilines is 2. The summed E-state index contributed by atoms with van der Waals surface area (Å²) in [5.74, 6) is 1.65. The average Bonchev–Trinajstić information content (AvgIpc) is 3.28. The molecule has 1 aromatic carbocycles. The number of nitrogens with one attached hydrogen (secondary N) is 3. The SMILES string of the molecule is CNCCOc1ccc2ccc(=O)n(CCN[C@@H]3CC[C@@H]4[C@@H](C3)OC(=O)N4c3ccc4c(n3)NC(=O)CO4)c2c1.Cl.Cl. The molecule has 1 saturated carbocycles. The lowest BCUT2D eigenvalue weighted by atomic mass is 9.88. The van der Waals surface area contributed by atoms with Gasteiger partial charge >= 0.3 is 6.09 Å². The van der Waals surface area contributed by atoms with Gasteiger partial charge in [-0.15, -0.1) is 24.8 Å². The van der Waals surface area contributed by atoms with Crippen molar-refractivity contribution in [1.82, 2.24) is 20.2 Å². The molecule has 1 saturated heterocycles. The molecule has 0 spiro atoms. The summed E-state index contributed by atoms with van der Waals surface area (Å²) in [6, 6.07) is 12.6. The molecular weight excluding hydrogens is 587 g/mol. The van der Waals surface area contributed by atoms with E-state index in [1.165, 1.54) is 0 Å². The van der Waals surface area contributed by atoms with Crippen LogP contribution in [0.15, 0.2) is 47.3 Å². The number of likely N-dealkylation sites (N-methyl/N-ethyl adjacent to an activating group) is 1. The van der Waals surface area contributed by atoms with Crippen LogP contribution in [-0.4, -0.2) is 73.1 Å². The smallest absolute Gasteiger partial charge is 0.416 e. The molecule has 2 aromatic heterocycles. The summed E-state index contributed by atoms with van der Waals surface area (Å²) in [6.07, 6.45) is 1.51. The number of hydrogen-bond acceptors (Lipinski definition) is 9. The van der Waals surface area contributed by atoms with Crippen LogP contribution in [0.25, 0.3) is 10.9 Å². The summed E-state index contributed by atoms with van der Waals surface area (Å²) >= 11 is 0. The maximum atomic E-state index is 12.8. The predicted octanol–water partition coefficient (Wildman–Crippen LogP) is 2.71. The molecule has 4 heterocycles. The van der Waals surface area contributed by atoms with Crippen LogP contribution in [0.1, 0.15) is 19.3 Å². The number of nitrogens with zero attached hydrogens (tertiary/aromatic N) is 3. The number of carbonyl (C=O) groups excluding carboxylic acids is 2. The molecular formula is C28H34Cl2N6O6. The summed E-state index contributed by atoms with van der Waals surface area (Å²) in [7, 11) is 1.87. The van der Waals surface area contributed by atoms with Gasteiger partial charge < -0.3 is 34.7 Å². The molecule has 3 aliphatic rings.